The molecule has 1 fully saturated rings. The number of nitriles is 1. The molecule has 5 heteroatoms. The first-order valence-corrected chi connectivity index (χ1v) is 5.63. The number of esters is 1. The largest absolute Gasteiger partial charge is 0.452 e. The Labute approximate surface area is 100 Å². The molecule has 17 heavy (non-hydrogen) atoms. The molecule has 0 aromatic carbocycles. The molecule has 0 bridgehead atoms. The number of carbonyl (C=O) groups excluding carboxylic acids is 2. The summed E-state index contributed by atoms with van der Waals surface area (Å²) in [7, 11) is 0. The summed E-state index contributed by atoms with van der Waals surface area (Å²) in [6.07, 6.45) is 5.98. The highest BCUT2D eigenvalue weighted by molar-refractivity contribution is 5.86. The normalized spacial score (nSPS) is 17.6. The molecule has 0 aromatic heterocycles. The maximum absolute atomic E-state index is 11.5. The van der Waals surface area contributed by atoms with Crippen LogP contribution in [0, 0.1) is 11.3 Å². The number of allylic oxidation sites excluding steroid dienone is 1. The second kappa shape index (κ2) is 6.04. The number of hydrogen-bond donors (Lipinski definition) is 1. The van der Waals surface area contributed by atoms with Crippen molar-refractivity contribution in [3.05, 3.63) is 12.2 Å². The van der Waals surface area contributed by atoms with Crippen LogP contribution in [0.4, 0.5) is 0 Å². The average Bonchev–Trinajstić information content (AvgIpc) is 2.76. The standard InChI is InChI=1S/C12H16N2O3/c1-2-5-11(16)17-8-10(15)14-12(9-13)6-3-4-7-12/h2,5H,3-4,6-8H2,1H3,(H,14,15)/b5-2+. The molecule has 1 saturated carbocycles. The van der Waals surface area contributed by atoms with Gasteiger partial charge >= 0.3 is 5.97 Å². The summed E-state index contributed by atoms with van der Waals surface area (Å²) in [4.78, 5) is 22.5. The minimum absolute atomic E-state index is 0.341. The van der Waals surface area contributed by atoms with Gasteiger partial charge in [0.15, 0.2) is 6.61 Å². The average molecular weight is 236 g/mol. The Hall–Kier alpha value is -1.83. The maximum Gasteiger partial charge on any atom is 0.330 e. The molecule has 1 amide bonds. The lowest BCUT2D eigenvalue weighted by Crippen LogP contribution is -2.46. The quantitative estimate of drug-likeness (QED) is 0.584. The van der Waals surface area contributed by atoms with Crippen molar-refractivity contribution < 1.29 is 14.3 Å². The number of nitrogens with one attached hydrogen (secondary N) is 1. The van der Waals surface area contributed by atoms with Crippen LogP contribution in [0.1, 0.15) is 32.6 Å². The SMILES string of the molecule is C/C=C/C(=O)OCC(=O)NC1(C#N)CCCC1. The number of amides is 1. The van der Waals surface area contributed by atoms with Crippen LogP contribution in [0.2, 0.25) is 0 Å². The lowest BCUT2D eigenvalue weighted by atomic mass is 10.00. The lowest BCUT2D eigenvalue weighted by molar-refractivity contribution is -0.144. The molecule has 0 heterocycles. The molecule has 0 saturated heterocycles. The van der Waals surface area contributed by atoms with E-state index in [1.165, 1.54) is 12.2 Å². The van der Waals surface area contributed by atoms with Crippen LogP contribution < -0.4 is 5.32 Å². The number of hydrogen-bond acceptors (Lipinski definition) is 4. The van der Waals surface area contributed by atoms with Crippen molar-refractivity contribution >= 4 is 11.9 Å². The Morgan fingerprint density at radius 3 is 2.65 bits per heavy atom. The van der Waals surface area contributed by atoms with Crippen LogP contribution >= 0.6 is 0 Å². The Balaban J connectivity index is 2.39. The summed E-state index contributed by atoms with van der Waals surface area (Å²) in [5.41, 5.74) is -0.760. The summed E-state index contributed by atoms with van der Waals surface area (Å²) < 4.78 is 4.70. The molecule has 0 aliphatic heterocycles. The van der Waals surface area contributed by atoms with Crippen LogP contribution in [0.3, 0.4) is 0 Å². The predicted molar refractivity (Wildman–Crippen MR) is 60.7 cm³/mol. The van der Waals surface area contributed by atoms with E-state index < -0.39 is 17.4 Å². The van der Waals surface area contributed by atoms with Crippen molar-refractivity contribution in [1.29, 1.82) is 5.26 Å². The highest BCUT2D eigenvalue weighted by Gasteiger charge is 2.35. The van der Waals surface area contributed by atoms with E-state index in [-0.39, 0.29) is 6.61 Å². The monoisotopic (exact) mass is 236 g/mol. The van der Waals surface area contributed by atoms with Crippen molar-refractivity contribution in [3.63, 3.8) is 0 Å². The third-order valence-electron chi connectivity index (χ3n) is 2.70. The van der Waals surface area contributed by atoms with Gasteiger partial charge in [0.05, 0.1) is 6.07 Å². The van der Waals surface area contributed by atoms with Gasteiger partial charge < -0.3 is 10.1 Å². The summed E-state index contributed by atoms with van der Waals surface area (Å²) in [5.74, 6) is -0.980. The van der Waals surface area contributed by atoms with Crippen LogP contribution in [0.15, 0.2) is 12.2 Å². The van der Waals surface area contributed by atoms with Gasteiger partial charge in [-0.2, -0.15) is 5.26 Å². The summed E-state index contributed by atoms with van der Waals surface area (Å²) in [5, 5.41) is 11.7. The first-order chi connectivity index (χ1) is 8.12. The zero-order chi connectivity index (χ0) is 12.7. The minimum Gasteiger partial charge on any atom is -0.452 e. The highest BCUT2D eigenvalue weighted by atomic mass is 16.5. The van der Waals surface area contributed by atoms with Gasteiger partial charge in [-0.15, -0.1) is 0 Å². The first-order valence-electron chi connectivity index (χ1n) is 5.63. The molecule has 1 rings (SSSR count). The first kappa shape index (κ1) is 13.2. The number of nitrogens with zero attached hydrogens (tertiary/aromatic N) is 1. The predicted octanol–water partition coefficient (Wildman–Crippen LogP) is 1.06. The molecule has 0 spiro atoms. The Kier molecular flexibility index (Phi) is 4.70. The number of rotatable bonds is 4. The molecule has 92 valence electrons. The van der Waals surface area contributed by atoms with Gasteiger partial charge in [0.1, 0.15) is 5.54 Å². The topological polar surface area (TPSA) is 79.2 Å². The van der Waals surface area contributed by atoms with E-state index >= 15 is 0 Å². The molecular weight excluding hydrogens is 220 g/mol. The van der Waals surface area contributed by atoms with Crippen LogP contribution in [0.25, 0.3) is 0 Å². The Bertz CT molecular complexity index is 362. The summed E-state index contributed by atoms with van der Waals surface area (Å²) in [6, 6.07) is 2.13. The van der Waals surface area contributed by atoms with Gasteiger partial charge in [0.25, 0.3) is 5.91 Å². The van der Waals surface area contributed by atoms with Crippen molar-refractivity contribution in [3.8, 4) is 6.07 Å². The second-order valence-corrected chi connectivity index (χ2v) is 4.06. The van der Waals surface area contributed by atoms with Crippen molar-refractivity contribution in [2.45, 2.75) is 38.1 Å². The van der Waals surface area contributed by atoms with Gasteiger partial charge in [-0.1, -0.05) is 6.08 Å². The summed E-state index contributed by atoms with van der Waals surface area (Å²) >= 11 is 0. The smallest absolute Gasteiger partial charge is 0.330 e. The maximum atomic E-state index is 11.5. The van der Waals surface area contributed by atoms with Crippen molar-refractivity contribution in [2.24, 2.45) is 0 Å². The van der Waals surface area contributed by atoms with E-state index in [1.54, 1.807) is 6.92 Å². The fraction of sp³-hybridized carbons (Fsp3) is 0.583. The fourth-order valence-electron chi connectivity index (χ4n) is 1.87. The molecular formula is C12H16N2O3. The van der Waals surface area contributed by atoms with E-state index in [1.807, 2.05) is 0 Å². The molecule has 1 aliphatic carbocycles. The Morgan fingerprint density at radius 2 is 2.12 bits per heavy atom. The third-order valence-corrected chi connectivity index (χ3v) is 2.70. The molecule has 0 atom stereocenters. The van der Waals surface area contributed by atoms with Crippen LogP contribution in [0.5, 0.6) is 0 Å². The molecule has 1 N–H and O–H groups in total. The van der Waals surface area contributed by atoms with Gasteiger partial charge in [-0.25, -0.2) is 4.79 Å². The van der Waals surface area contributed by atoms with Crippen molar-refractivity contribution in [2.75, 3.05) is 6.61 Å². The van der Waals surface area contributed by atoms with Crippen LogP contribution in [-0.4, -0.2) is 24.0 Å². The molecule has 0 radical (unpaired) electrons. The van der Waals surface area contributed by atoms with Gasteiger partial charge in [0, 0.05) is 6.08 Å². The minimum atomic E-state index is -0.760. The fourth-order valence-corrected chi connectivity index (χ4v) is 1.87. The number of ether oxygens (including phenoxy) is 1. The zero-order valence-electron chi connectivity index (χ0n) is 9.86. The molecule has 1 aliphatic rings. The van der Waals surface area contributed by atoms with E-state index in [9.17, 15) is 9.59 Å². The van der Waals surface area contributed by atoms with E-state index in [4.69, 9.17) is 10.00 Å². The summed E-state index contributed by atoms with van der Waals surface area (Å²) in [6.45, 7) is 1.34. The third kappa shape index (κ3) is 3.91. The van der Waals surface area contributed by atoms with Gasteiger partial charge in [-0.05, 0) is 32.6 Å². The van der Waals surface area contributed by atoms with E-state index in [2.05, 4.69) is 11.4 Å². The second-order valence-electron chi connectivity index (χ2n) is 4.06. The highest BCUT2D eigenvalue weighted by Crippen LogP contribution is 2.28. The van der Waals surface area contributed by atoms with E-state index in [0.717, 1.165) is 12.8 Å². The van der Waals surface area contributed by atoms with Crippen LogP contribution in [-0.2, 0) is 14.3 Å². The molecule has 0 unspecified atom stereocenters. The Morgan fingerprint density at radius 1 is 1.47 bits per heavy atom. The molecule has 0 aromatic rings. The van der Waals surface area contributed by atoms with Crippen molar-refractivity contribution in [1.82, 2.24) is 5.32 Å². The van der Waals surface area contributed by atoms with Gasteiger partial charge in [0.2, 0.25) is 0 Å². The van der Waals surface area contributed by atoms with Gasteiger partial charge in [-0.3, -0.25) is 4.79 Å². The molecule has 5 nitrogen and oxygen atoms in total. The zero-order valence-corrected chi connectivity index (χ0v) is 9.86. The van der Waals surface area contributed by atoms with E-state index in [0.29, 0.717) is 12.8 Å². The number of carbonyl (C=O) groups is 2. The lowest BCUT2D eigenvalue weighted by Gasteiger charge is -2.21.